The zero-order chi connectivity index (χ0) is 14.2. The highest BCUT2D eigenvalue weighted by Gasteiger charge is 2.19. The number of aromatic nitrogens is 3. The van der Waals surface area contributed by atoms with Crippen LogP contribution in [0.4, 0.5) is 5.69 Å². The first kappa shape index (κ1) is 12.9. The maximum absolute atomic E-state index is 12.1. The highest BCUT2D eigenvalue weighted by atomic mass is 16.4. The number of aryl methyl sites for hydroxylation is 2. The molecule has 2 heterocycles. The van der Waals surface area contributed by atoms with Crippen LogP contribution in [0.1, 0.15) is 32.1 Å². The van der Waals surface area contributed by atoms with E-state index in [0.717, 1.165) is 0 Å². The SMILES string of the molecule is Cc1[nH]cc(NC(=O)c2cnn(C)c2C)c1C(=O)O. The number of rotatable bonds is 3. The van der Waals surface area contributed by atoms with Gasteiger partial charge < -0.3 is 15.4 Å². The molecule has 2 aromatic heterocycles. The van der Waals surface area contributed by atoms with Crippen molar-refractivity contribution in [2.24, 2.45) is 7.05 Å². The summed E-state index contributed by atoms with van der Waals surface area (Å²) in [6.07, 6.45) is 2.91. The Morgan fingerprint density at radius 3 is 2.63 bits per heavy atom. The summed E-state index contributed by atoms with van der Waals surface area (Å²) in [5, 5.41) is 15.6. The number of carbonyl (C=O) groups excluding carboxylic acids is 1. The van der Waals surface area contributed by atoms with Crippen LogP contribution in [-0.4, -0.2) is 31.7 Å². The smallest absolute Gasteiger partial charge is 0.339 e. The van der Waals surface area contributed by atoms with E-state index in [0.29, 0.717) is 17.0 Å². The average molecular weight is 262 g/mol. The lowest BCUT2D eigenvalue weighted by atomic mass is 10.2. The van der Waals surface area contributed by atoms with Gasteiger partial charge in [-0.05, 0) is 13.8 Å². The summed E-state index contributed by atoms with van der Waals surface area (Å²) in [7, 11) is 1.73. The lowest BCUT2D eigenvalue weighted by Crippen LogP contribution is -2.14. The van der Waals surface area contributed by atoms with Crippen LogP contribution in [0.5, 0.6) is 0 Å². The lowest BCUT2D eigenvalue weighted by molar-refractivity contribution is 0.0697. The summed E-state index contributed by atoms with van der Waals surface area (Å²) in [5.74, 6) is -1.47. The molecular weight excluding hydrogens is 248 g/mol. The van der Waals surface area contributed by atoms with Gasteiger partial charge in [-0.25, -0.2) is 4.79 Å². The predicted octanol–water partition coefficient (Wildman–Crippen LogP) is 1.32. The fourth-order valence-corrected chi connectivity index (χ4v) is 1.81. The summed E-state index contributed by atoms with van der Waals surface area (Å²) in [4.78, 5) is 25.9. The number of carbonyl (C=O) groups is 2. The number of nitrogens with zero attached hydrogens (tertiary/aromatic N) is 2. The Bertz CT molecular complexity index is 654. The van der Waals surface area contributed by atoms with Gasteiger partial charge in [0.05, 0.1) is 17.4 Å². The lowest BCUT2D eigenvalue weighted by Gasteiger charge is -2.04. The van der Waals surface area contributed by atoms with Crippen molar-refractivity contribution in [2.75, 3.05) is 5.32 Å². The molecule has 3 N–H and O–H groups in total. The standard InChI is InChI=1S/C12H14N4O3/c1-6-10(12(18)19)9(5-13-6)15-11(17)8-4-14-16(3)7(8)2/h4-5,13H,1-3H3,(H,15,17)(H,18,19). The summed E-state index contributed by atoms with van der Waals surface area (Å²) in [6, 6.07) is 0. The highest BCUT2D eigenvalue weighted by Crippen LogP contribution is 2.20. The molecule has 0 spiro atoms. The minimum atomic E-state index is -1.09. The Morgan fingerprint density at radius 1 is 1.42 bits per heavy atom. The number of nitrogens with one attached hydrogen (secondary N) is 2. The van der Waals surface area contributed by atoms with Crippen LogP contribution in [0.3, 0.4) is 0 Å². The molecule has 2 rings (SSSR count). The van der Waals surface area contributed by atoms with Crippen molar-refractivity contribution < 1.29 is 14.7 Å². The normalized spacial score (nSPS) is 10.5. The van der Waals surface area contributed by atoms with Gasteiger partial charge in [0, 0.05) is 24.6 Å². The molecule has 1 amide bonds. The summed E-state index contributed by atoms with van der Waals surface area (Å²) >= 11 is 0. The first-order valence-corrected chi connectivity index (χ1v) is 5.63. The second kappa shape index (κ2) is 4.60. The van der Waals surface area contributed by atoms with Crippen LogP contribution in [0.2, 0.25) is 0 Å². The van der Waals surface area contributed by atoms with E-state index in [4.69, 9.17) is 5.11 Å². The molecule has 100 valence electrons. The number of hydrogen-bond acceptors (Lipinski definition) is 3. The van der Waals surface area contributed by atoms with E-state index < -0.39 is 5.97 Å². The van der Waals surface area contributed by atoms with Gasteiger partial charge in [-0.2, -0.15) is 5.10 Å². The van der Waals surface area contributed by atoms with Crippen LogP contribution >= 0.6 is 0 Å². The Hall–Kier alpha value is -2.57. The van der Waals surface area contributed by atoms with Crippen molar-refractivity contribution in [3.05, 3.63) is 34.9 Å². The van der Waals surface area contributed by atoms with Gasteiger partial charge in [-0.3, -0.25) is 9.48 Å². The molecule has 0 saturated heterocycles. The quantitative estimate of drug-likeness (QED) is 0.776. The van der Waals surface area contributed by atoms with Crippen LogP contribution in [-0.2, 0) is 7.05 Å². The molecule has 0 saturated carbocycles. The average Bonchev–Trinajstić information content (AvgIpc) is 2.84. The molecule has 0 unspecified atom stereocenters. The second-order valence-corrected chi connectivity index (χ2v) is 4.23. The molecule has 0 fully saturated rings. The molecule has 0 aromatic carbocycles. The first-order valence-electron chi connectivity index (χ1n) is 5.63. The summed E-state index contributed by atoms with van der Waals surface area (Å²) < 4.78 is 1.58. The van der Waals surface area contributed by atoms with E-state index in [2.05, 4.69) is 15.4 Å². The number of aromatic amines is 1. The van der Waals surface area contributed by atoms with E-state index in [9.17, 15) is 9.59 Å². The molecule has 0 atom stereocenters. The molecule has 7 nitrogen and oxygen atoms in total. The number of H-pyrrole nitrogens is 1. The molecule has 19 heavy (non-hydrogen) atoms. The van der Waals surface area contributed by atoms with E-state index in [-0.39, 0.29) is 17.2 Å². The van der Waals surface area contributed by atoms with Crippen LogP contribution in [0.15, 0.2) is 12.4 Å². The second-order valence-electron chi connectivity index (χ2n) is 4.23. The van der Waals surface area contributed by atoms with Gasteiger partial charge in [0.25, 0.3) is 5.91 Å². The van der Waals surface area contributed by atoms with E-state index in [1.54, 1.807) is 25.6 Å². The predicted molar refractivity (Wildman–Crippen MR) is 68.4 cm³/mol. The Labute approximate surface area is 109 Å². The van der Waals surface area contributed by atoms with Crippen molar-refractivity contribution in [3.8, 4) is 0 Å². The Kier molecular flexibility index (Phi) is 3.12. The minimum Gasteiger partial charge on any atom is -0.478 e. The van der Waals surface area contributed by atoms with Gasteiger partial charge in [0.1, 0.15) is 5.56 Å². The van der Waals surface area contributed by atoms with Gasteiger partial charge in [-0.1, -0.05) is 0 Å². The molecule has 0 aliphatic carbocycles. The molecule has 0 bridgehead atoms. The third-order valence-electron chi connectivity index (χ3n) is 3.02. The van der Waals surface area contributed by atoms with Gasteiger partial charge in [-0.15, -0.1) is 0 Å². The van der Waals surface area contributed by atoms with Crippen molar-refractivity contribution in [3.63, 3.8) is 0 Å². The van der Waals surface area contributed by atoms with E-state index in [1.165, 1.54) is 12.4 Å². The number of anilines is 1. The topological polar surface area (TPSA) is 100 Å². The molecule has 0 aliphatic heterocycles. The highest BCUT2D eigenvalue weighted by molar-refractivity contribution is 6.08. The maximum Gasteiger partial charge on any atom is 0.339 e. The number of aromatic carboxylic acids is 1. The summed E-state index contributed by atoms with van der Waals surface area (Å²) in [5.41, 5.74) is 1.93. The minimum absolute atomic E-state index is 0.0647. The Balaban J connectivity index is 2.30. The van der Waals surface area contributed by atoms with Crippen LogP contribution < -0.4 is 5.32 Å². The largest absolute Gasteiger partial charge is 0.478 e. The molecule has 7 heteroatoms. The zero-order valence-electron chi connectivity index (χ0n) is 10.8. The third-order valence-corrected chi connectivity index (χ3v) is 3.02. The fraction of sp³-hybridized carbons (Fsp3) is 0.250. The molecule has 0 radical (unpaired) electrons. The number of carboxylic acids is 1. The molecule has 2 aromatic rings. The van der Waals surface area contributed by atoms with Gasteiger partial charge in [0.15, 0.2) is 0 Å². The Morgan fingerprint density at radius 2 is 2.11 bits per heavy atom. The van der Waals surface area contributed by atoms with Crippen LogP contribution in [0.25, 0.3) is 0 Å². The first-order chi connectivity index (χ1) is 8.91. The van der Waals surface area contributed by atoms with Gasteiger partial charge >= 0.3 is 5.97 Å². The van der Waals surface area contributed by atoms with E-state index >= 15 is 0 Å². The summed E-state index contributed by atoms with van der Waals surface area (Å²) in [6.45, 7) is 3.40. The monoisotopic (exact) mass is 262 g/mol. The molecular formula is C12H14N4O3. The number of hydrogen-bond donors (Lipinski definition) is 3. The van der Waals surface area contributed by atoms with Crippen molar-refractivity contribution >= 4 is 17.6 Å². The maximum atomic E-state index is 12.1. The number of amides is 1. The third kappa shape index (κ3) is 2.22. The molecule has 0 aliphatic rings. The zero-order valence-corrected chi connectivity index (χ0v) is 10.8. The van der Waals surface area contributed by atoms with E-state index in [1.807, 2.05) is 0 Å². The van der Waals surface area contributed by atoms with Crippen molar-refractivity contribution in [2.45, 2.75) is 13.8 Å². The van der Waals surface area contributed by atoms with Crippen molar-refractivity contribution in [1.29, 1.82) is 0 Å². The number of carboxylic acid groups (broad SMARTS) is 1. The fourth-order valence-electron chi connectivity index (χ4n) is 1.81. The van der Waals surface area contributed by atoms with Crippen molar-refractivity contribution in [1.82, 2.24) is 14.8 Å². The van der Waals surface area contributed by atoms with Gasteiger partial charge in [0.2, 0.25) is 0 Å². The van der Waals surface area contributed by atoms with Crippen LogP contribution in [0, 0.1) is 13.8 Å².